The SMILES string of the molecule is c1ccc2c(c1)-c1ccccc1C21c2ccccc2-c2c1ccc1c(-c3ccc(-n4c5ccccc5c5ccccc54)cc3)nc3ccccc3c21. The van der Waals surface area contributed by atoms with E-state index < -0.39 is 0 Å². The Bertz CT molecular complexity index is 3030. The molecule has 8 aromatic carbocycles. The summed E-state index contributed by atoms with van der Waals surface area (Å²) in [7, 11) is 0. The lowest BCUT2D eigenvalue weighted by molar-refractivity contribution is 0.794. The fourth-order valence-corrected chi connectivity index (χ4v) is 9.81. The molecule has 0 unspecified atom stereocenters. The Kier molecular flexibility index (Phi) is 5.46. The van der Waals surface area contributed by atoms with Crippen LogP contribution >= 0.6 is 0 Å². The molecule has 2 aliphatic rings. The lowest BCUT2D eigenvalue weighted by Gasteiger charge is -2.30. The predicted octanol–water partition coefficient (Wildman–Crippen LogP) is 12.5. The van der Waals surface area contributed by atoms with Crippen molar-refractivity contribution in [1.29, 1.82) is 0 Å². The van der Waals surface area contributed by atoms with Crippen molar-refractivity contribution >= 4 is 43.5 Å². The number of para-hydroxylation sites is 3. The highest BCUT2D eigenvalue weighted by Crippen LogP contribution is 2.64. The van der Waals surface area contributed by atoms with Gasteiger partial charge >= 0.3 is 0 Å². The molecule has 52 heavy (non-hydrogen) atoms. The average Bonchev–Trinajstić information content (AvgIpc) is 3.83. The maximum absolute atomic E-state index is 5.40. The third kappa shape index (κ3) is 3.42. The van der Waals surface area contributed by atoms with Gasteiger partial charge in [-0.2, -0.15) is 0 Å². The van der Waals surface area contributed by atoms with Crippen LogP contribution in [-0.4, -0.2) is 9.55 Å². The van der Waals surface area contributed by atoms with E-state index in [2.05, 4.69) is 187 Å². The maximum Gasteiger partial charge on any atom is 0.0788 e. The van der Waals surface area contributed by atoms with E-state index in [-0.39, 0.29) is 5.41 Å². The van der Waals surface area contributed by atoms with Crippen LogP contribution in [0.15, 0.2) is 182 Å². The molecule has 2 nitrogen and oxygen atoms in total. The molecule has 0 aliphatic heterocycles. The Morgan fingerprint density at radius 2 is 0.904 bits per heavy atom. The van der Waals surface area contributed by atoms with Crippen molar-refractivity contribution in [2.45, 2.75) is 5.41 Å². The number of aromatic nitrogens is 2. The fraction of sp³-hybridized carbons (Fsp3) is 0.0200. The maximum atomic E-state index is 5.40. The second-order valence-electron chi connectivity index (χ2n) is 14.2. The summed E-state index contributed by atoms with van der Waals surface area (Å²) in [5.41, 5.74) is 17.0. The molecule has 1 spiro atoms. The molecule has 0 N–H and O–H groups in total. The van der Waals surface area contributed by atoms with Crippen molar-refractivity contribution in [3.63, 3.8) is 0 Å². The monoisotopic (exact) mass is 658 g/mol. The van der Waals surface area contributed by atoms with Gasteiger partial charge < -0.3 is 4.57 Å². The van der Waals surface area contributed by atoms with Crippen LogP contribution in [0.3, 0.4) is 0 Å². The molecule has 0 atom stereocenters. The van der Waals surface area contributed by atoms with E-state index in [0.29, 0.717) is 0 Å². The molecular weight excluding hydrogens is 629 g/mol. The smallest absolute Gasteiger partial charge is 0.0788 e. The highest BCUT2D eigenvalue weighted by atomic mass is 15.0. The van der Waals surface area contributed by atoms with Crippen LogP contribution in [-0.2, 0) is 5.41 Å². The van der Waals surface area contributed by atoms with Crippen LogP contribution in [0.2, 0.25) is 0 Å². The number of fused-ring (bicyclic) bond motifs is 17. The van der Waals surface area contributed by atoms with E-state index in [4.69, 9.17) is 4.98 Å². The number of hydrogen-bond donors (Lipinski definition) is 0. The van der Waals surface area contributed by atoms with E-state index >= 15 is 0 Å². The Labute approximate surface area is 300 Å². The zero-order valence-corrected chi connectivity index (χ0v) is 28.2. The van der Waals surface area contributed by atoms with Crippen molar-refractivity contribution in [3.05, 3.63) is 204 Å². The molecular formula is C50H30N2. The van der Waals surface area contributed by atoms with E-state index in [0.717, 1.165) is 22.5 Å². The number of pyridine rings is 1. The summed E-state index contributed by atoms with van der Waals surface area (Å²) >= 11 is 0. The molecule has 0 saturated heterocycles. The van der Waals surface area contributed by atoms with Gasteiger partial charge in [0.2, 0.25) is 0 Å². The highest BCUT2D eigenvalue weighted by molar-refractivity contribution is 6.20. The van der Waals surface area contributed by atoms with E-state index in [1.54, 1.807) is 0 Å². The van der Waals surface area contributed by atoms with Crippen LogP contribution in [0.5, 0.6) is 0 Å². The van der Waals surface area contributed by atoms with Crippen molar-refractivity contribution in [1.82, 2.24) is 9.55 Å². The van der Waals surface area contributed by atoms with Gasteiger partial charge in [0.15, 0.2) is 0 Å². The molecule has 2 heterocycles. The number of hydrogen-bond acceptors (Lipinski definition) is 1. The minimum atomic E-state index is -0.387. The van der Waals surface area contributed by atoms with Gasteiger partial charge in [-0.05, 0) is 74.8 Å². The van der Waals surface area contributed by atoms with Crippen LogP contribution in [0.4, 0.5) is 0 Å². The molecule has 0 saturated carbocycles. The van der Waals surface area contributed by atoms with Crippen molar-refractivity contribution in [3.8, 4) is 39.2 Å². The van der Waals surface area contributed by atoms with Crippen LogP contribution in [0.1, 0.15) is 22.3 Å². The summed E-state index contributed by atoms with van der Waals surface area (Å²) in [6.45, 7) is 0. The quantitative estimate of drug-likeness (QED) is 0.169. The van der Waals surface area contributed by atoms with Gasteiger partial charge in [-0.3, -0.25) is 0 Å². The Morgan fingerprint density at radius 1 is 0.385 bits per heavy atom. The Hall–Kier alpha value is -6.77. The second-order valence-corrected chi connectivity index (χ2v) is 14.2. The number of rotatable bonds is 2. The second kappa shape index (κ2) is 10.2. The van der Waals surface area contributed by atoms with Gasteiger partial charge in [0.25, 0.3) is 0 Å². The van der Waals surface area contributed by atoms with Gasteiger partial charge in [-0.1, -0.05) is 152 Å². The molecule has 0 radical (unpaired) electrons. The molecule has 2 heteroatoms. The number of nitrogens with zero attached hydrogens (tertiary/aromatic N) is 2. The first-order valence-corrected chi connectivity index (χ1v) is 18.1. The fourth-order valence-electron chi connectivity index (χ4n) is 9.81. The van der Waals surface area contributed by atoms with Crippen LogP contribution in [0.25, 0.3) is 82.7 Å². The molecule has 10 aromatic rings. The molecule has 0 amide bonds. The first kappa shape index (κ1) is 28.0. The van der Waals surface area contributed by atoms with Gasteiger partial charge in [0.1, 0.15) is 0 Å². The van der Waals surface area contributed by atoms with Crippen molar-refractivity contribution in [2.24, 2.45) is 0 Å². The van der Waals surface area contributed by atoms with Gasteiger partial charge in [0.05, 0.1) is 27.7 Å². The van der Waals surface area contributed by atoms with E-state index in [1.807, 2.05) is 0 Å². The minimum absolute atomic E-state index is 0.387. The average molecular weight is 659 g/mol. The van der Waals surface area contributed by atoms with Gasteiger partial charge in [-0.15, -0.1) is 0 Å². The summed E-state index contributed by atoms with van der Waals surface area (Å²) in [6, 6.07) is 67.0. The van der Waals surface area contributed by atoms with Gasteiger partial charge in [0, 0.05) is 38.2 Å². The molecule has 12 rings (SSSR count). The van der Waals surface area contributed by atoms with Crippen molar-refractivity contribution in [2.75, 3.05) is 0 Å². The normalized spacial score (nSPS) is 13.5. The van der Waals surface area contributed by atoms with Crippen LogP contribution in [0, 0.1) is 0 Å². The van der Waals surface area contributed by atoms with Crippen molar-refractivity contribution < 1.29 is 0 Å². The summed E-state index contributed by atoms with van der Waals surface area (Å²) in [5.74, 6) is 0. The molecule has 0 bridgehead atoms. The zero-order valence-electron chi connectivity index (χ0n) is 28.2. The van der Waals surface area contributed by atoms with Crippen LogP contribution < -0.4 is 0 Å². The predicted molar refractivity (Wildman–Crippen MR) is 215 cm³/mol. The molecule has 2 aromatic heterocycles. The zero-order chi connectivity index (χ0) is 34.0. The van der Waals surface area contributed by atoms with E-state index in [1.165, 1.54) is 82.5 Å². The van der Waals surface area contributed by atoms with E-state index in [9.17, 15) is 0 Å². The van der Waals surface area contributed by atoms with Gasteiger partial charge in [-0.25, -0.2) is 4.98 Å². The number of benzene rings is 8. The first-order chi connectivity index (χ1) is 25.8. The first-order valence-electron chi connectivity index (χ1n) is 18.1. The molecule has 2 aliphatic carbocycles. The summed E-state index contributed by atoms with van der Waals surface area (Å²) < 4.78 is 2.38. The third-order valence-electron chi connectivity index (χ3n) is 11.8. The Balaban J connectivity index is 1.14. The molecule has 0 fully saturated rings. The summed E-state index contributed by atoms with van der Waals surface area (Å²) in [4.78, 5) is 5.40. The topological polar surface area (TPSA) is 17.8 Å². The standard InChI is InChI=1S/C50H30N2/c1-7-19-40-33(13-1)34-14-2-8-20-41(34)50(40)42-21-9-3-17-37(42)48-43(50)30-29-39-47(48)38-18-4-10-22-44(38)51-49(39)31-25-27-32(28-26-31)52-45-23-11-5-15-35(45)36-16-6-12-24-46(36)52/h1-30H. The summed E-state index contributed by atoms with van der Waals surface area (Å²) in [5, 5.41) is 6.17. The Morgan fingerprint density at radius 3 is 1.56 bits per heavy atom. The largest absolute Gasteiger partial charge is 0.309 e. The lowest BCUT2D eigenvalue weighted by atomic mass is 9.70. The molecule has 240 valence electrons. The minimum Gasteiger partial charge on any atom is -0.309 e. The highest BCUT2D eigenvalue weighted by Gasteiger charge is 2.52. The lowest BCUT2D eigenvalue weighted by Crippen LogP contribution is -2.25. The third-order valence-corrected chi connectivity index (χ3v) is 11.8. The summed E-state index contributed by atoms with van der Waals surface area (Å²) in [6.07, 6.45) is 0.